The first-order chi connectivity index (χ1) is 12.6. The van der Waals surface area contributed by atoms with E-state index in [-0.39, 0.29) is 11.3 Å². The van der Waals surface area contributed by atoms with Crippen molar-refractivity contribution < 1.29 is 9.21 Å². The smallest absolute Gasteiger partial charge is 0.221 e. The molecule has 0 saturated carbocycles. The number of benzene rings is 2. The van der Waals surface area contributed by atoms with Gasteiger partial charge >= 0.3 is 0 Å². The summed E-state index contributed by atoms with van der Waals surface area (Å²) in [5.74, 6) is 0.532. The van der Waals surface area contributed by atoms with E-state index in [1.807, 2.05) is 30.3 Å². The maximum Gasteiger partial charge on any atom is 0.221 e. The zero-order valence-corrected chi connectivity index (χ0v) is 14.5. The van der Waals surface area contributed by atoms with Crippen LogP contribution in [-0.4, -0.2) is 5.91 Å². The minimum absolute atomic E-state index is 0.00730. The maximum absolute atomic E-state index is 13.0. The summed E-state index contributed by atoms with van der Waals surface area (Å²) in [6.07, 6.45) is 4.62. The molecule has 0 bridgehead atoms. The molecular weight excluding hydrogens is 326 g/mol. The summed E-state index contributed by atoms with van der Waals surface area (Å²) in [4.78, 5) is 24.3. The number of amides is 1. The molecule has 0 aliphatic heterocycles. The molecule has 0 spiro atoms. The molecular formula is C22H19NO3. The van der Waals surface area contributed by atoms with Crippen LogP contribution in [0.4, 0.5) is 5.69 Å². The van der Waals surface area contributed by atoms with E-state index in [9.17, 15) is 9.59 Å². The first-order valence-corrected chi connectivity index (χ1v) is 8.75. The van der Waals surface area contributed by atoms with Crippen LogP contribution in [0, 0.1) is 0 Å². The first kappa shape index (κ1) is 16.3. The van der Waals surface area contributed by atoms with Gasteiger partial charge < -0.3 is 9.73 Å². The normalized spacial score (nSPS) is 15.0. The largest absolute Gasteiger partial charge is 0.456 e. The predicted molar refractivity (Wildman–Crippen MR) is 104 cm³/mol. The van der Waals surface area contributed by atoms with Crippen LogP contribution in [0.15, 0.2) is 57.7 Å². The van der Waals surface area contributed by atoms with Crippen molar-refractivity contribution in [3.8, 4) is 0 Å². The van der Waals surface area contributed by atoms with Gasteiger partial charge in [0.05, 0.1) is 5.39 Å². The summed E-state index contributed by atoms with van der Waals surface area (Å²) in [6, 6.07) is 15.3. The van der Waals surface area contributed by atoms with Crippen molar-refractivity contribution in [1.82, 2.24) is 0 Å². The number of carbonyl (C=O) groups is 1. The zero-order valence-electron chi connectivity index (χ0n) is 14.5. The lowest BCUT2D eigenvalue weighted by Crippen LogP contribution is -2.16. The third-order valence-electron chi connectivity index (χ3n) is 4.61. The number of nitrogens with one attached hydrogen (secondary N) is 1. The molecule has 2 aromatic carbocycles. The van der Waals surface area contributed by atoms with Crippen LogP contribution in [0.2, 0.25) is 0 Å². The highest BCUT2D eigenvalue weighted by atomic mass is 16.3. The summed E-state index contributed by atoms with van der Waals surface area (Å²) in [5.41, 5.74) is 4.02. The molecule has 130 valence electrons. The van der Waals surface area contributed by atoms with Gasteiger partial charge in [-0.1, -0.05) is 30.3 Å². The third kappa shape index (κ3) is 3.06. The van der Waals surface area contributed by atoms with Gasteiger partial charge in [0.25, 0.3) is 0 Å². The van der Waals surface area contributed by atoms with Crippen LogP contribution in [0.1, 0.15) is 36.7 Å². The highest BCUT2D eigenvalue weighted by Crippen LogP contribution is 2.33. The quantitative estimate of drug-likeness (QED) is 0.737. The molecule has 0 atom stereocenters. The molecule has 1 heterocycles. The van der Waals surface area contributed by atoms with Crippen molar-refractivity contribution in [3.63, 3.8) is 0 Å². The molecule has 1 N–H and O–H groups in total. The first-order valence-electron chi connectivity index (χ1n) is 8.75. The van der Waals surface area contributed by atoms with Crippen molar-refractivity contribution in [2.24, 2.45) is 0 Å². The van der Waals surface area contributed by atoms with E-state index in [4.69, 9.17) is 4.42 Å². The van der Waals surface area contributed by atoms with Crippen molar-refractivity contribution in [3.05, 3.63) is 75.6 Å². The van der Waals surface area contributed by atoms with Crippen molar-refractivity contribution in [2.45, 2.75) is 26.2 Å². The standard InChI is InChI=1S/C22H19NO3/c1-14(24)23-17-10-11-20-19(13-17)21(25)18-9-5-8-16(22(18)26-20)12-15-6-3-2-4-7-15/h2-4,6-7,10-13H,5,8-9H2,1H3,(H,23,24). The Hall–Kier alpha value is -3.14. The van der Waals surface area contributed by atoms with Crippen molar-refractivity contribution in [2.75, 3.05) is 5.32 Å². The van der Waals surface area contributed by atoms with E-state index < -0.39 is 0 Å². The van der Waals surface area contributed by atoms with Crippen LogP contribution in [0.5, 0.6) is 0 Å². The summed E-state index contributed by atoms with van der Waals surface area (Å²) in [7, 11) is 0. The summed E-state index contributed by atoms with van der Waals surface area (Å²) < 4.78 is 6.13. The van der Waals surface area contributed by atoms with Gasteiger partial charge in [0, 0.05) is 18.2 Å². The zero-order chi connectivity index (χ0) is 18.1. The number of rotatable bonds is 2. The second-order valence-electron chi connectivity index (χ2n) is 6.56. The molecule has 0 saturated heterocycles. The molecule has 1 aliphatic rings. The Morgan fingerprint density at radius 2 is 1.92 bits per heavy atom. The van der Waals surface area contributed by atoms with E-state index in [1.54, 1.807) is 18.2 Å². The Labute approximate surface area is 151 Å². The van der Waals surface area contributed by atoms with Gasteiger partial charge in [0.1, 0.15) is 11.3 Å². The molecule has 4 nitrogen and oxygen atoms in total. The number of hydrogen-bond acceptors (Lipinski definition) is 3. The second kappa shape index (κ2) is 6.64. The molecule has 1 amide bonds. The molecule has 0 fully saturated rings. The van der Waals surface area contributed by atoms with Gasteiger partial charge in [-0.15, -0.1) is 0 Å². The second-order valence-corrected chi connectivity index (χ2v) is 6.56. The molecule has 0 unspecified atom stereocenters. The Morgan fingerprint density at radius 1 is 1.12 bits per heavy atom. The summed E-state index contributed by atoms with van der Waals surface area (Å²) in [5, 5.41) is 3.22. The summed E-state index contributed by atoms with van der Waals surface area (Å²) in [6.45, 7) is 1.44. The summed E-state index contributed by atoms with van der Waals surface area (Å²) >= 11 is 0. The Bertz CT molecular complexity index is 1080. The van der Waals surface area contributed by atoms with E-state index in [0.717, 1.165) is 29.5 Å². The van der Waals surface area contributed by atoms with Gasteiger partial charge in [-0.25, -0.2) is 0 Å². The number of fused-ring (bicyclic) bond motifs is 2. The molecule has 4 heteroatoms. The highest BCUT2D eigenvalue weighted by Gasteiger charge is 2.22. The lowest BCUT2D eigenvalue weighted by atomic mass is 9.90. The topological polar surface area (TPSA) is 59.3 Å². The molecule has 3 aromatic rings. The van der Waals surface area contributed by atoms with E-state index in [1.165, 1.54) is 6.92 Å². The van der Waals surface area contributed by atoms with Crippen LogP contribution in [-0.2, 0) is 11.2 Å². The predicted octanol–water partition coefficient (Wildman–Crippen LogP) is 4.63. The van der Waals surface area contributed by atoms with E-state index in [0.29, 0.717) is 28.8 Å². The molecule has 1 aromatic heterocycles. The lowest BCUT2D eigenvalue weighted by Gasteiger charge is -2.18. The van der Waals surface area contributed by atoms with Crippen LogP contribution >= 0.6 is 0 Å². The molecule has 4 rings (SSSR count). The molecule has 0 radical (unpaired) electrons. The third-order valence-corrected chi connectivity index (χ3v) is 4.61. The fraction of sp³-hybridized carbons (Fsp3) is 0.182. The van der Waals surface area contributed by atoms with Crippen molar-refractivity contribution >= 4 is 34.2 Å². The van der Waals surface area contributed by atoms with Gasteiger partial charge in [-0.3, -0.25) is 9.59 Å². The fourth-order valence-corrected chi connectivity index (χ4v) is 3.46. The number of anilines is 1. The van der Waals surface area contributed by atoms with Crippen LogP contribution in [0.3, 0.4) is 0 Å². The van der Waals surface area contributed by atoms with Gasteiger partial charge in [-0.05, 0) is 54.7 Å². The minimum atomic E-state index is -0.167. The number of hydrogen-bond donors (Lipinski definition) is 1. The molecule has 26 heavy (non-hydrogen) atoms. The van der Waals surface area contributed by atoms with E-state index >= 15 is 0 Å². The monoisotopic (exact) mass is 345 g/mol. The lowest BCUT2D eigenvalue weighted by molar-refractivity contribution is -0.114. The van der Waals surface area contributed by atoms with Gasteiger partial charge in [0.15, 0.2) is 5.43 Å². The van der Waals surface area contributed by atoms with Gasteiger partial charge in [0.2, 0.25) is 5.91 Å². The fourth-order valence-electron chi connectivity index (χ4n) is 3.46. The molecule has 1 aliphatic carbocycles. The Balaban J connectivity index is 1.86. The Kier molecular flexibility index (Phi) is 4.17. The number of carbonyl (C=O) groups excluding carboxylic acids is 1. The number of allylic oxidation sites excluding steroid dienone is 1. The average molecular weight is 345 g/mol. The van der Waals surface area contributed by atoms with Gasteiger partial charge in [-0.2, -0.15) is 0 Å². The average Bonchev–Trinajstić information content (AvgIpc) is 2.63. The minimum Gasteiger partial charge on any atom is -0.456 e. The van der Waals surface area contributed by atoms with Crippen LogP contribution < -0.4 is 10.7 Å². The van der Waals surface area contributed by atoms with Crippen molar-refractivity contribution in [1.29, 1.82) is 0 Å². The Morgan fingerprint density at radius 3 is 2.69 bits per heavy atom. The van der Waals surface area contributed by atoms with E-state index in [2.05, 4.69) is 11.4 Å². The maximum atomic E-state index is 13.0. The highest BCUT2D eigenvalue weighted by molar-refractivity contribution is 5.92. The van der Waals surface area contributed by atoms with Crippen LogP contribution in [0.25, 0.3) is 22.6 Å². The SMILES string of the molecule is CC(=O)Nc1ccc2oc3c(c(=O)c2c1)CCCC3=Cc1ccccc1.